The fourth-order valence-electron chi connectivity index (χ4n) is 2.99. The summed E-state index contributed by atoms with van der Waals surface area (Å²) in [7, 11) is -1.89. The van der Waals surface area contributed by atoms with Crippen LogP contribution in [0.15, 0.2) is 58.4 Å². The SMILES string of the molecule is CCS(=O)(=O)c1ccc(Nc2ccc(F)cc2F)c(-c2cc(C)c(=O)n(C)c2)c1. The number of hydrogen-bond donors (Lipinski definition) is 1. The number of sulfone groups is 1. The summed E-state index contributed by atoms with van der Waals surface area (Å²) >= 11 is 0. The highest BCUT2D eigenvalue weighted by atomic mass is 32.2. The lowest BCUT2D eigenvalue weighted by molar-refractivity contribution is 0.586. The summed E-state index contributed by atoms with van der Waals surface area (Å²) in [4.78, 5) is 12.2. The molecule has 3 rings (SSSR count). The molecule has 1 heterocycles. The molecule has 0 bridgehead atoms. The number of hydrogen-bond acceptors (Lipinski definition) is 4. The Hall–Kier alpha value is -3.00. The molecule has 1 aromatic heterocycles. The molecular weight excluding hydrogens is 398 g/mol. The minimum absolute atomic E-state index is 0.0419. The van der Waals surface area contributed by atoms with Gasteiger partial charge in [-0.2, -0.15) is 0 Å². The van der Waals surface area contributed by atoms with Gasteiger partial charge in [0.25, 0.3) is 5.56 Å². The zero-order valence-electron chi connectivity index (χ0n) is 16.2. The number of benzene rings is 2. The molecule has 8 heteroatoms. The minimum atomic E-state index is -3.48. The van der Waals surface area contributed by atoms with Gasteiger partial charge in [-0.05, 0) is 43.3 Å². The quantitative estimate of drug-likeness (QED) is 0.675. The molecule has 0 aliphatic rings. The van der Waals surface area contributed by atoms with E-state index in [0.29, 0.717) is 22.4 Å². The Balaban J connectivity index is 2.22. The van der Waals surface area contributed by atoms with Crippen LogP contribution in [-0.2, 0) is 16.9 Å². The van der Waals surface area contributed by atoms with E-state index in [-0.39, 0.29) is 21.9 Å². The Morgan fingerprint density at radius 3 is 2.34 bits per heavy atom. The largest absolute Gasteiger partial charge is 0.353 e. The first-order valence-corrected chi connectivity index (χ1v) is 10.5. The molecule has 0 radical (unpaired) electrons. The zero-order valence-corrected chi connectivity index (χ0v) is 17.0. The average molecular weight is 418 g/mol. The van der Waals surface area contributed by atoms with E-state index in [2.05, 4.69) is 5.32 Å². The lowest BCUT2D eigenvalue weighted by atomic mass is 10.0. The smallest absolute Gasteiger partial charge is 0.253 e. The van der Waals surface area contributed by atoms with Crippen molar-refractivity contribution in [2.24, 2.45) is 7.05 Å². The third kappa shape index (κ3) is 4.22. The van der Waals surface area contributed by atoms with Crippen LogP contribution < -0.4 is 10.9 Å². The van der Waals surface area contributed by atoms with E-state index < -0.39 is 21.5 Å². The zero-order chi connectivity index (χ0) is 21.3. The maximum Gasteiger partial charge on any atom is 0.253 e. The Labute approximate surface area is 167 Å². The van der Waals surface area contributed by atoms with Crippen molar-refractivity contribution in [3.63, 3.8) is 0 Å². The van der Waals surface area contributed by atoms with Crippen LogP contribution in [0.5, 0.6) is 0 Å². The normalized spacial score (nSPS) is 11.5. The summed E-state index contributed by atoms with van der Waals surface area (Å²) in [6.45, 7) is 3.21. The standard InChI is InChI=1S/C21H20F2N2O3S/c1-4-29(27,28)16-6-8-19(24-20-7-5-15(22)10-18(20)23)17(11-16)14-9-13(2)21(26)25(3)12-14/h5-12,24H,4H2,1-3H3. The third-order valence-electron chi connectivity index (χ3n) is 4.60. The van der Waals surface area contributed by atoms with Crippen molar-refractivity contribution >= 4 is 21.2 Å². The number of anilines is 2. The summed E-state index contributed by atoms with van der Waals surface area (Å²) < 4.78 is 53.5. The van der Waals surface area contributed by atoms with Gasteiger partial charge in [0.1, 0.15) is 11.6 Å². The lowest BCUT2D eigenvalue weighted by Gasteiger charge is -2.16. The molecule has 0 aliphatic carbocycles. The topological polar surface area (TPSA) is 68.2 Å². The van der Waals surface area contributed by atoms with Crippen molar-refractivity contribution in [1.82, 2.24) is 4.57 Å². The van der Waals surface area contributed by atoms with Gasteiger partial charge in [-0.25, -0.2) is 17.2 Å². The lowest BCUT2D eigenvalue weighted by Crippen LogP contribution is -2.18. The van der Waals surface area contributed by atoms with Crippen LogP contribution >= 0.6 is 0 Å². The fourth-order valence-corrected chi connectivity index (χ4v) is 3.90. The van der Waals surface area contributed by atoms with Crippen LogP contribution in [0.4, 0.5) is 20.2 Å². The van der Waals surface area contributed by atoms with Crippen molar-refractivity contribution in [3.05, 3.63) is 76.2 Å². The number of halogens is 2. The van der Waals surface area contributed by atoms with Gasteiger partial charge in [0.15, 0.2) is 9.84 Å². The average Bonchev–Trinajstić information content (AvgIpc) is 2.68. The first kappa shape index (κ1) is 20.7. The second-order valence-corrected chi connectivity index (χ2v) is 8.97. The van der Waals surface area contributed by atoms with Gasteiger partial charge < -0.3 is 9.88 Å². The van der Waals surface area contributed by atoms with E-state index in [0.717, 1.165) is 12.1 Å². The number of aromatic nitrogens is 1. The summed E-state index contributed by atoms with van der Waals surface area (Å²) in [5.74, 6) is -1.55. The van der Waals surface area contributed by atoms with E-state index in [9.17, 15) is 22.0 Å². The number of rotatable bonds is 5. The maximum absolute atomic E-state index is 14.1. The second kappa shape index (κ2) is 7.79. The molecule has 152 valence electrons. The molecule has 2 aromatic carbocycles. The molecule has 0 atom stereocenters. The van der Waals surface area contributed by atoms with E-state index in [4.69, 9.17) is 0 Å². The first-order valence-electron chi connectivity index (χ1n) is 8.89. The van der Waals surface area contributed by atoms with E-state index in [1.165, 1.54) is 28.8 Å². The third-order valence-corrected chi connectivity index (χ3v) is 6.34. The highest BCUT2D eigenvalue weighted by molar-refractivity contribution is 7.91. The second-order valence-electron chi connectivity index (χ2n) is 6.69. The minimum Gasteiger partial charge on any atom is -0.353 e. The number of nitrogens with zero attached hydrogens (tertiary/aromatic N) is 1. The maximum atomic E-state index is 14.1. The highest BCUT2D eigenvalue weighted by Gasteiger charge is 2.17. The molecular formula is C21H20F2N2O3S. The fraction of sp³-hybridized carbons (Fsp3) is 0.190. The summed E-state index contributed by atoms with van der Waals surface area (Å²) in [6, 6.07) is 9.24. The van der Waals surface area contributed by atoms with E-state index in [1.807, 2.05) is 0 Å². The monoisotopic (exact) mass is 418 g/mol. The molecule has 0 spiro atoms. The molecule has 0 aliphatic heterocycles. The molecule has 5 nitrogen and oxygen atoms in total. The van der Waals surface area contributed by atoms with Gasteiger partial charge in [0.05, 0.1) is 16.3 Å². The van der Waals surface area contributed by atoms with Gasteiger partial charge in [-0.1, -0.05) is 6.92 Å². The Morgan fingerprint density at radius 1 is 1.03 bits per heavy atom. The molecule has 3 aromatic rings. The van der Waals surface area contributed by atoms with Crippen LogP contribution in [0.2, 0.25) is 0 Å². The van der Waals surface area contributed by atoms with Crippen LogP contribution in [0.3, 0.4) is 0 Å². The van der Waals surface area contributed by atoms with E-state index in [1.54, 1.807) is 33.2 Å². The molecule has 0 fully saturated rings. The van der Waals surface area contributed by atoms with Crippen molar-refractivity contribution in [3.8, 4) is 11.1 Å². The molecule has 29 heavy (non-hydrogen) atoms. The Kier molecular flexibility index (Phi) is 5.57. The van der Waals surface area contributed by atoms with Crippen molar-refractivity contribution < 1.29 is 17.2 Å². The predicted octanol–water partition coefficient (Wildman–Crippen LogP) is 4.18. The molecule has 0 saturated carbocycles. The summed E-state index contributed by atoms with van der Waals surface area (Å²) in [5.41, 5.74) is 1.83. The van der Waals surface area contributed by atoms with Gasteiger partial charge in [0, 0.05) is 41.7 Å². The first-order chi connectivity index (χ1) is 13.6. The number of nitrogens with one attached hydrogen (secondary N) is 1. The van der Waals surface area contributed by atoms with Gasteiger partial charge in [0.2, 0.25) is 0 Å². The van der Waals surface area contributed by atoms with Gasteiger partial charge >= 0.3 is 0 Å². The molecule has 0 saturated heterocycles. The van der Waals surface area contributed by atoms with Crippen molar-refractivity contribution in [2.45, 2.75) is 18.7 Å². The number of pyridine rings is 1. The van der Waals surface area contributed by atoms with Crippen LogP contribution in [0, 0.1) is 18.6 Å². The summed E-state index contributed by atoms with van der Waals surface area (Å²) in [5, 5.41) is 2.89. The van der Waals surface area contributed by atoms with Crippen LogP contribution in [-0.4, -0.2) is 18.7 Å². The highest BCUT2D eigenvalue weighted by Crippen LogP contribution is 2.33. The molecule has 0 unspecified atom stereocenters. The molecule has 0 amide bonds. The molecule has 1 N–H and O–H groups in total. The number of aryl methyl sites for hydroxylation is 2. The predicted molar refractivity (Wildman–Crippen MR) is 109 cm³/mol. The van der Waals surface area contributed by atoms with Crippen molar-refractivity contribution in [1.29, 1.82) is 0 Å². The summed E-state index contributed by atoms with van der Waals surface area (Å²) in [6.07, 6.45) is 1.58. The Morgan fingerprint density at radius 2 is 1.72 bits per heavy atom. The Bertz CT molecular complexity index is 1230. The van der Waals surface area contributed by atoms with Gasteiger partial charge in [-0.3, -0.25) is 4.79 Å². The van der Waals surface area contributed by atoms with Crippen LogP contribution in [0.1, 0.15) is 12.5 Å². The van der Waals surface area contributed by atoms with Crippen LogP contribution in [0.25, 0.3) is 11.1 Å². The van der Waals surface area contributed by atoms with Crippen molar-refractivity contribution in [2.75, 3.05) is 11.1 Å². The van der Waals surface area contributed by atoms with Gasteiger partial charge in [-0.15, -0.1) is 0 Å². The van der Waals surface area contributed by atoms with E-state index >= 15 is 0 Å².